The van der Waals surface area contributed by atoms with E-state index in [9.17, 15) is 0 Å². The van der Waals surface area contributed by atoms with Crippen molar-refractivity contribution in [2.24, 2.45) is 0 Å². The molecule has 4 heteroatoms. The van der Waals surface area contributed by atoms with Gasteiger partial charge in [0.15, 0.2) is 3.92 Å². The lowest BCUT2D eigenvalue weighted by Crippen LogP contribution is -1.76. The van der Waals surface area contributed by atoms with Crippen LogP contribution in [0.2, 0.25) is 4.34 Å². The van der Waals surface area contributed by atoms with Gasteiger partial charge in [-0.3, -0.25) is 0 Å². The molecule has 0 amide bonds. The van der Waals surface area contributed by atoms with E-state index in [1.165, 1.54) is 11.3 Å². The first-order valence-electron chi connectivity index (χ1n) is 3.64. The van der Waals surface area contributed by atoms with Gasteiger partial charge in [0.25, 0.3) is 0 Å². The number of rotatable bonds is 1. The van der Waals surface area contributed by atoms with Crippen molar-refractivity contribution in [3.8, 4) is 11.3 Å². The summed E-state index contributed by atoms with van der Waals surface area (Å²) in [4.78, 5) is 4.28. The van der Waals surface area contributed by atoms with E-state index in [1.807, 2.05) is 30.3 Å². The Hall–Kier alpha value is -0.380. The zero-order valence-electron chi connectivity index (χ0n) is 6.50. The lowest BCUT2D eigenvalue weighted by molar-refractivity contribution is 1.37. The number of hydrogen-bond donors (Lipinski definition) is 0. The average Bonchev–Trinajstić information content (AvgIpc) is 2.47. The SMILES string of the molecule is Clc1sc(Br)nc1-c1ccccc1. The van der Waals surface area contributed by atoms with Crippen LogP contribution in [0.3, 0.4) is 0 Å². The Morgan fingerprint density at radius 3 is 2.46 bits per heavy atom. The van der Waals surface area contributed by atoms with Gasteiger partial charge in [0, 0.05) is 5.56 Å². The highest BCUT2D eigenvalue weighted by Gasteiger charge is 2.08. The summed E-state index contributed by atoms with van der Waals surface area (Å²) in [6.45, 7) is 0. The van der Waals surface area contributed by atoms with Crippen LogP contribution < -0.4 is 0 Å². The molecule has 0 bridgehead atoms. The summed E-state index contributed by atoms with van der Waals surface area (Å²) >= 11 is 10.7. The summed E-state index contributed by atoms with van der Waals surface area (Å²) in [7, 11) is 0. The maximum Gasteiger partial charge on any atom is 0.161 e. The van der Waals surface area contributed by atoms with Crippen LogP contribution in [0.4, 0.5) is 0 Å². The molecule has 2 aromatic rings. The summed E-state index contributed by atoms with van der Waals surface area (Å²) in [6.07, 6.45) is 0. The topological polar surface area (TPSA) is 12.9 Å². The zero-order valence-corrected chi connectivity index (χ0v) is 9.66. The van der Waals surface area contributed by atoms with Crippen molar-refractivity contribution in [2.75, 3.05) is 0 Å². The van der Waals surface area contributed by atoms with Crippen molar-refractivity contribution in [3.05, 3.63) is 38.6 Å². The Morgan fingerprint density at radius 2 is 1.92 bits per heavy atom. The highest BCUT2D eigenvalue weighted by Crippen LogP contribution is 2.34. The van der Waals surface area contributed by atoms with Gasteiger partial charge >= 0.3 is 0 Å². The quantitative estimate of drug-likeness (QED) is 0.758. The molecule has 1 aromatic heterocycles. The van der Waals surface area contributed by atoms with Crippen LogP contribution in [0.25, 0.3) is 11.3 Å². The second-order valence-corrected chi connectivity index (χ2v) is 5.33. The van der Waals surface area contributed by atoms with Crippen LogP contribution in [0.5, 0.6) is 0 Å². The van der Waals surface area contributed by atoms with Crippen LogP contribution in [0.1, 0.15) is 0 Å². The van der Waals surface area contributed by atoms with Crippen molar-refractivity contribution in [1.82, 2.24) is 4.98 Å². The molecule has 0 saturated heterocycles. The van der Waals surface area contributed by atoms with E-state index < -0.39 is 0 Å². The van der Waals surface area contributed by atoms with Gasteiger partial charge in [-0.15, -0.1) is 0 Å². The normalized spacial score (nSPS) is 10.3. The molecule has 0 saturated carbocycles. The number of aromatic nitrogens is 1. The van der Waals surface area contributed by atoms with Crippen LogP contribution in [0.15, 0.2) is 34.2 Å². The fourth-order valence-corrected chi connectivity index (χ4v) is 2.91. The van der Waals surface area contributed by atoms with Crippen molar-refractivity contribution in [2.45, 2.75) is 0 Å². The van der Waals surface area contributed by atoms with Gasteiger partial charge in [0.2, 0.25) is 0 Å². The molecule has 0 aliphatic rings. The lowest BCUT2D eigenvalue weighted by Gasteiger charge is -1.94. The van der Waals surface area contributed by atoms with Crippen molar-refractivity contribution in [1.29, 1.82) is 0 Å². The summed E-state index contributed by atoms with van der Waals surface area (Å²) < 4.78 is 1.54. The molecule has 0 aliphatic carbocycles. The maximum absolute atomic E-state index is 6.01. The van der Waals surface area contributed by atoms with Crippen molar-refractivity contribution in [3.63, 3.8) is 0 Å². The fourth-order valence-electron chi connectivity index (χ4n) is 1.05. The van der Waals surface area contributed by atoms with Gasteiger partial charge < -0.3 is 0 Å². The molecule has 0 atom stereocenters. The second-order valence-electron chi connectivity index (χ2n) is 2.46. The molecule has 2 rings (SSSR count). The Morgan fingerprint density at radius 1 is 1.23 bits per heavy atom. The zero-order chi connectivity index (χ0) is 9.26. The summed E-state index contributed by atoms with van der Waals surface area (Å²) in [5.74, 6) is 0. The van der Waals surface area contributed by atoms with Gasteiger partial charge in [0.05, 0.1) is 0 Å². The summed E-state index contributed by atoms with van der Waals surface area (Å²) in [5, 5.41) is 0. The van der Waals surface area contributed by atoms with E-state index in [4.69, 9.17) is 11.6 Å². The van der Waals surface area contributed by atoms with E-state index in [0.717, 1.165) is 19.5 Å². The number of thiazole rings is 1. The minimum Gasteiger partial charge on any atom is -0.227 e. The third-order valence-corrected chi connectivity index (χ3v) is 3.31. The molecule has 0 fully saturated rings. The summed E-state index contributed by atoms with van der Waals surface area (Å²) in [5.41, 5.74) is 1.90. The maximum atomic E-state index is 6.01. The smallest absolute Gasteiger partial charge is 0.161 e. The predicted octanol–water partition coefficient (Wildman–Crippen LogP) is 4.23. The standard InChI is InChI=1S/C9H5BrClNS/c10-9-12-7(8(11)13-9)6-4-2-1-3-5-6/h1-5H. The van der Waals surface area contributed by atoms with Gasteiger partial charge in [0.1, 0.15) is 10.0 Å². The van der Waals surface area contributed by atoms with Gasteiger partial charge in [-0.05, 0) is 15.9 Å². The Balaban J connectivity index is 2.53. The molecule has 1 aromatic carbocycles. The Labute approximate surface area is 93.5 Å². The predicted molar refractivity (Wildman–Crippen MR) is 60.3 cm³/mol. The third-order valence-electron chi connectivity index (χ3n) is 1.61. The van der Waals surface area contributed by atoms with Gasteiger partial charge in [-0.1, -0.05) is 53.3 Å². The van der Waals surface area contributed by atoms with E-state index in [0.29, 0.717) is 0 Å². The average molecular weight is 275 g/mol. The van der Waals surface area contributed by atoms with E-state index >= 15 is 0 Å². The third kappa shape index (κ3) is 1.93. The molecule has 1 nitrogen and oxygen atoms in total. The van der Waals surface area contributed by atoms with E-state index in [2.05, 4.69) is 20.9 Å². The molecule has 13 heavy (non-hydrogen) atoms. The largest absolute Gasteiger partial charge is 0.227 e. The number of nitrogens with zero attached hydrogens (tertiary/aromatic N) is 1. The highest BCUT2D eigenvalue weighted by molar-refractivity contribution is 9.11. The van der Waals surface area contributed by atoms with Crippen molar-refractivity contribution >= 4 is 38.9 Å². The van der Waals surface area contributed by atoms with Crippen LogP contribution in [0, 0.1) is 0 Å². The summed E-state index contributed by atoms with van der Waals surface area (Å²) in [6, 6.07) is 9.90. The second kappa shape index (κ2) is 3.78. The molecule has 66 valence electrons. The molecule has 0 unspecified atom stereocenters. The molecule has 1 heterocycles. The monoisotopic (exact) mass is 273 g/mol. The highest BCUT2D eigenvalue weighted by atomic mass is 79.9. The molecule has 0 radical (unpaired) electrons. The first kappa shape index (κ1) is 9.19. The van der Waals surface area contributed by atoms with E-state index in [-0.39, 0.29) is 0 Å². The molecule has 0 spiro atoms. The van der Waals surface area contributed by atoms with Gasteiger partial charge in [-0.25, -0.2) is 4.98 Å². The Bertz CT molecular complexity index is 413. The first-order chi connectivity index (χ1) is 6.27. The first-order valence-corrected chi connectivity index (χ1v) is 5.63. The molecule has 0 aliphatic heterocycles. The van der Waals surface area contributed by atoms with Gasteiger partial charge in [-0.2, -0.15) is 0 Å². The number of halogens is 2. The minimum absolute atomic E-state index is 0.720. The fraction of sp³-hybridized carbons (Fsp3) is 0. The molecule has 0 N–H and O–H groups in total. The van der Waals surface area contributed by atoms with Crippen molar-refractivity contribution < 1.29 is 0 Å². The van der Waals surface area contributed by atoms with Crippen LogP contribution >= 0.6 is 38.9 Å². The number of benzene rings is 1. The Kier molecular flexibility index (Phi) is 2.67. The molecular weight excluding hydrogens is 270 g/mol. The molecular formula is C9H5BrClNS. The van der Waals surface area contributed by atoms with Crippen LogP contribution in [-0.4, -0.2) is 4.98 Å². The van der Waals surface area contributed by atoms with E-state index in [1.54, 1.807) is 0 Å². The minimum atomic E-state index is 0.720. The number of hydrogen-bond acceptors (Lipinski definition) is 2. The lowest BCUT2D eigenvalue weighted by atomic mass is 10.2. The van der Waals surface area contributed by atoms with Crippen LogP contribution in [-0.2, 0) is 0 Å².